The van der Waals surface area contributed by atoms with Gasteiger partial charge in [-0.25, -0.2) is 13.1 Å². The second-order valence-electron chi connectivity index (χ2n) is 4.75. The van der Waals surface area contributed by atoms with Crippen LogP contribution in [0.15, 0.2) is 60.0 Å². The van der Waals surface area contributed by atoms with Gasteiger partial charge in [0.1, 0.15) is 0 Å². The lowest BCUT2D eigenvalue weighted by Gasteiger charge is -2.09. The lowest BCUT2D eigenvalue weighted by atomic mass is 10.2. The zero-order valence-electron chi connectivity index (χ0n) is 12.4. The van der Waals surface area contributed by atoms with E-state index in [2.05, 4.69) is 16.6 Å². The molecule has 24 heavy (non-hydrogen) atoms. The molecule has 2 aromatic rings. The van der Waals surface area contributed by atoms with E-state index in [-0.39, 0.29) is 22.0 Å². The highest BCUT2D eigenvalue weighted by atomic mass is 35.5. The molecule has 0 atom stereocenters. The van der Waals surface area contributed by atoms with Crippen LogP contribution in [0.3, 0.4) is 0 Å². The highest BCUT2D eigenvalue weighted by Crippen LogP contribution is 2.26. The molecule has 126 valence electrons. The van der Waals surface area contributed by atoms with Gasteiger partial charge in [-0.15, -0.1) is 6.58 Å². The van der Waals surface area contributed by atoms with Crippen molar-refractivity contribution in [2.24, 2.45) is 0 Å². The van der Waals surface area contributed by atoms with Crippen molar-refractivity contribution in [1.82, 2.24) is 4.72 Å². The Morgan fingerprint density at radius 2 is 1.92 bits per heavy atom. The molecule has 0 saturated heterocycles. The molecule has 0 aromatic heterocycles. The third-order valence-electron chi connectivity index (χ3n) is 3.00. The monoisotopic (exact) mass is 384 g/mol. The summed E-state index contributed by atoms with van der Waals surface area (Å²) in [4.78, 5) is 12.3. The Bertz CT molecular complexity index is 883. The molecule has 1 amide bonds. The van der Waals surface area contributed by atoms with Gasteiger partial charge in [0.15, 0.2) is 0 Å². The Kier molecular flexibility index (Phi) is 6.01. The maximum absolute atomic E-state index is 12.3. The fourth-order valence-corrected chi connectivity index (χ4v) is 3.34. The van der Waals surface area contributed by atoms with Crippen molar-refractivity contribution in [3.05, 3.63) is 70.7 Å². The van der Waals surface area contributed by atoms with Gasteiger partial charge in [0, 0.05) is 17.1 Å². The Morgan fingerprint density at radius 1 is 1.17 bits per heavy atom. The Balaban J connectivity index is 2.24. The Morgan fingerprint density at radius 3 is 2.58 bits per heavy atom. The summed E-state index contributed by atoms with van der Waals surface area (Å²) < 4.78 is 26.5. The Labute approximate surface area is 150 Å². The number of hydrogen-bond donors (Lipinski definition) is 2. The fourth-order valence-electron chi connectivity index (χ4n) is 1.84. The summed E-state index contributed by atoms with van der Waals surface area (Å²) in [5.41, 5.74) is 0.562. The van der Waals surface area contributed by atoms with Gasteiger partial charge in [0.05, 0.1) is 15.6 Å². The number of nitrogens with one attached hydrogen (secondary N) is 2. The molecule has 0 unspecified atom stereocenters. The van der Waals surface area contributed by atoms with Crippen LogP contribution in [0.2, 0.25) is 10.0 Å². The second kappa shape index (κ2) is 7.81. The number of anilines is 1. The van der Waals surface area contributed by atoms with Gasteiger partial charge >= 0.3 is 0 Å². The molecular formula is C16H14Cl2N2O3S. The minimum atomic E-state index is -3.71. The first-order valence-corrected chi connectivity index (χ1v) is 9.04. The predicted octanol–water partition coefficient (Wildman–Crippen LogP) is 3.71. The number of benzene rings is 2. The van der Waals surface area contributed by atoms with Gasteiger partial charge in [0.2, 0.25) is 10.0 Å². The van der Waals surface area contributed by atoms with Crippen molar-refractivity contribution in [1.29, 1.82) is 0 Å². The van der Waals surface area contributed by atoms with E-state index < -0.39 is 15.9 Å². The molecule has 0 aliphatic heterocycles. The normalized spacial score (nSPS) is 11.1. The average molecular weight is 385 g/mol. The van der Waals surface area contributed by atoms with Crippen molar-refractivity contribution >= 4 is 44.8 Å². The summed E-state index contributed by atoms with van der Waals surface area (Å²) in [5.74, 6) is -0.486. The quantitative estimate of drug-likeness (QED) is 0.745. The highest BCUT2D eigenvalue weighted by molar-refractivity contribution is 7.89. The number of carbonyl (C=O) groups is 1. The molecule has 2 aromatic carbocycles. The largest absolute Gasteiger partial charge is 0.321 e. The van der Waals surface area contributed by atoms with E-state index in [9.17, 15) is 13.2 Å². The first-order chi connectivity index (χ1) is 11.3. The maximum atomic E-state index is 12.3. The standard InChI is InChI=1S/C16H14Cl2N2O3S/c1-2-8-19-24(22,23)13-5-3-4-11(9-13)16(21)20-15-7-6-12(17)10-14(15)18/h2-7,9-10,19H,1,8H2,(H,20,21). The molecule has 0 fully saturated rings. The number of rotatable bonds is 6. The number of amides is 1. The highest BCUT2D eigenvalue weighted by Gasteiger charge is 2.16. The molecule has 0 saturated carbocycles. The molecular weight excluding hydrogens is 371 g/mol. The molecule has 0 radical (unpaired) electrons. The van der Waals surface area contributed by atoms with E-state index in [1.807, 2.05) is 0 Å². The summed E-state index contributed by atoms with van der Waals surface area (Å²) in [7, 11) is -3.71. The average Bonchev–Trinajstić information content (AvgIpc) is 2.55. The molecule has 8 heteroatoms. The van der Waals surface area contributed by atoms with Gasteiger partial charge < -0.3 is 5.32 Å². The topological polar surface area (TPSA) is 75.3 Å². The number of hydrogen-bond acceptors (Lipinski definition) is 3. The predicted molar refractivity (Wildman–Crippen MR) is 96.2 cm³/mol. The smallest absolute Gasteiger partial charge is 0.255 e. The summed E-state index contributed by atoms with van der Waals surface area (Å²) in [6, 6.07) is 10.3. The lowest BCUT2D eigenvalue weighted by Crippen LogP contribution is -2.24. The molecule has 0 heterocycles. The molecule has 0 bridgehead atoms. The van der Waals surface area contributed by atoms with E-state index in [0.717, 1.165) is 0 Å². The van der Waals surface area contributed by atoms with E-state index in [0.29, 0.717) is 10.7 Å². The number of halogens is 2. The number of carbonyl (C=O) groups excluding carboxylic acids is 1. The number of sulfonamides is 1. The van der Waals surface area contributed by atoms with E-state index in [1.165, 1.54) is 36.4 Å². The molecule has 0 spiro atoms. The van der Waals surface area contributed by atoms with Crippen LogP contribution in [0.5, 0.6) is 0 Å². The van der Waals surface area contributed by atoms with E-state index in [1.54, 1.807) is 12.1 Å². The minimum absolute atomic E-state index is 0.0146. The van der Waals surface area contributed by atoms with Crippen molar-refractivity contribution in [3.8, 4) is 0 Å². The van der Waals surface area contributed by atoms with Crippen LogP contribution in [0, 0.1) is 0 Å². The summed E-state index contributed by atoms with van der Waals surface area (Å²) in [6.07, 6.45) is 1.43. The van der Waals surface area contributed by atoms with Crippen molar-refractivity contribution in [3.63, 3.8) is 0 Å². The SMILES string of the molecule is C=CCNS(=O)(=O)c1cccc(C(=O)Nc2ccc(Cl)cc2Cl)c1. The first-order valence-electron chi connectivity index (χ1n) is 6.80. The van der Waals surface area contributed by atoms with Crippen LogP contribution in [-0.2, 0) is 10.0 Å². The van der Waals surface area contributed by atoms with Crippen LogP contribution in [0.25, 0.3) is 0 Å². The third-order valence-corrected chi connectivity index (χ3v) is 4.97. The maximum Gasteiger partial charge on any atom is 0.255 e. The van der Waals surface area contributed by atoms with E-state index >= 15 is 0 Å². The summed E-state index contributed by atoms with van der Waals surface area (Å²) in [6.45, 7) is 3.55. The van der Waals surface area contributed by atoms with Gasteiger partial charge in [0.25, 0.3) is 5.91 Å². The first kappa shape index (κ1) is 18.5. The lowest BCUT2D eigenvalue weighted by molar-refractivity contribution is 0.102. The minimum Gasteiger partial charge on any atom is -0.321 e. The Hall–Kier alpha value is -1.86. The van der Waals surface area contributed by atoms with Crippen molar-refractivity contribution < 1.29 is 13.2 Å². The molecule has 2 N–H and O–H groups in total. The zero-order chi connectivity index (χ0) is 17.7. The van der Waals surface area contributed by atoms with Crippen LogP contribution in [-0.4, -0.2) is 20.9 Å². The van der Waals surface area contributed by atoms with Crippen molar-refractivity contribution in [2.45, 2.75) is 4.90 Å². The van der Waals surface area contributed by atoms with Crippen LogP contribution in [0.4, 0.5) is 5.69 Å². The third kappa shape index (κ3) is 4.58. The summed E-state index contributed by atoms with van der Waals surface area (Å²) >= 11 is 11.8. The van der Waals surface area contributed by atoms with Gasteiger partial charge in [-0.05, 0) is 36.4 Å². The zero-order valence-corrected chi connectivity index (χ0v) is 14.8. The van der Waals surface area contributed by atoms with Crippen LogP contribution < -0.4 is 10.0 Å². The second-order valence-corrected chi connectivity index (χ2v) is 7.36. The van der Waals surface area contributed by atoms with Crippen molar-refractivity contribution in [2.75, 3.05) is 11.9 Å². The van der Waals surface area contributed by atoms with Gasteiger partial charge in [-0.2, -0.15) is 0 Å². The molecule has 0 aliphatic carbocycles. The molecule has 0 aliphatic rings. The molecule has 2 rings (SSSR count). The van der Waals surface area contributed by atoms with Crippen LogP contribution in [0.1, 0.15) is 10.4 Å². The van der Waals surface area contributed by atoms with E-state index in [4.69, 9.17) is 23.2 Å². The molecule has 5 nitrogen and oxygen atoms in total. The summed E-state index contributed by atoms with van der Waals surface area (Å²) in [5, 5.41) is 3.34. The van der Waals surface area contributed by atoms with Gasteiger partial charge in [-0.3, -0.25) is 4.79 Å². The van der Waals surface area contributed by atoms with Crippen LogP contribution >= 0.6 is 23.2 Å². The van der Waals surface area contributed by atoms with Gasteiger partial charge in [-0.1, -0.05) is 35.3 Å². The fraction of sp³-hybridized carbons (Fsp3) is 0.0625.